The summed E-state index contributed by atoms with van der Waals surface area (Å²) in [5, 5.41) is 7.72. The molecule has 0 bridgehead atoms. The van der Waals surface area contributed by atoms with Crippen LogP contribution in [0.5, 0.6) is 5.75 Å². The summed E-state index contributed by atoms with van der Waals surface area (Å²) in [5.41, 5.74) is 1.15. The summed E-state index contributed by atoms with van der Waals surface area (Å²) in [4.78, 5) is 2.15. The van der Waals surface area contributed by atoms with E-state index in [1.807, 2.05) is 4.68 Å². The van der Waals surface area contributed by atoms with E-state index in [4.69, 9.17) is 9.47 Å². The number of hydrogen-bond acceptors (Lipinski definition) is 5. The van der Waals surface area contributed by atoms with Crippen molar-refractivity contribution in [2.75, 3.05) is 54.6 Å². The van der Waals surface area contributed by atoms with E-state index in [0.717, 1.165) is 50.7 Å². The third kappa shape index (κ3) is 5.59. The highest BCUT2D eigenvalue weighted by atomic mass is 16.5. The molecule has 110 valence electrons. The molecule has 1 N–H and O–H groups in total. The van der Waals surface area contributed by atoms with Crippen LogP contribution < -0.4 is 10.1 Å². The van der Waals surface area contributed by atoms with Gasteiger partial charge in [-0.3, -0.25) is 4.68 Å². The molecular weight excluding hydrogens is 244 g/mol. The number of rotatable bonds is 10. The molecule has 0 radical (unpaired) electrons. The van der Waals surface area contributed by atoms with E-state index in [9.17, 15) is 0 Å². The SMILES string of the molecule is COCCNCCc1c(OC)cnn1CCN(C)C. The van der Waals surface area contributed by atoms with Gasteiger partial charge in [0.25, 0.3) is 0 Å². The summed E-state index contributed by atoms with van der Waals surface area (Å²) in [7, 11) is 7.52. The summed E-state index contributed by atoms with van der Waals surface area (Å²) in [5.74, 6) is 0.868. The number of nitrogens with zero attached hydrogens (tertiary/aromatic N) is 3. The van der Waals surface area contributed by atoms with Crippen molar-refractivity contribution < 1.29 is 9.47 Å². The van der Waals surface area contributed by atoms with Gasteiger partial charge < -0.3 is 19.7 Å². The zero-order valence-corrected chi connectivity index (χ0v) is 12.5. The molecule has 1 rings (SSSR count). The average Bonchev–Trinajstić information content (AvgIpc) is 2.78. The topological polar surface area (TPSA) is 51.5 Å². The molecule has 0 aromatic carbocycles. The van der Waals surface area contributed by atoms with Crippen molar-refractivity contribution in [2.24, 2.45) is 0 Å². The minimum Gasteiger partial charge on any atom is -0.493 e. The molecule has 0 spiro atoms. The van der Waals surface area contributed by atoms with Crippen LogP contribution in [0.15, 0.2) is 6.20 Å². The fourth-order valence-electron chi connectivity index (χ4n) is 1.81. The molecule has 0 unspecified atom stereocenters. The first kappa shape index (κ1) is 15.9. The standard InChI is InChI=1S/C13H26N4O2/c1-16(2)8-9-17-12(13(19-4)11-15-17)5-6-14-7-10-18-3/h11,14H,5-10H2,1-4H3. The Morgan fingerprint density at radius 2 is 2.11 bits per heavy atom. The molecule has 0 atom stereocenters. The Morgan fingerprint density at radius 3 is 2.74 bits per heavy atom. The average molecular weight is 270 g/mol. The molecule has 0 saturated carbocycles. The number of methoxy groups -OCH3 is 2. The first-order valence-corrected chi connectivity index (χ1v) is 6.62. The van der Waals surface area contributed by atoms with E-state index >= 15 is 0 Å². The van der Waals surface area contributed by atoms with E-state index in [-0.39, 0.29) is 0 Å². The maximum Gasteiger partial charge on any atom is 0.159 e. The highest BCUT2D eigenvalue weighted by Gasteiger charge is 2.10. The molecule has 0 saturated heterocycles. The maximum atomic E-state index is 5.36. The maximum absolute atomic E-state index is 5.36. The smallest absolute Gasteiger partial charge is 0.159 e. The molecule has 6 heteroatoms. The lowest BCUT2D eigenvalue weighted by Gasteiger charge is -2.13. The van der Waals surface area contributed by atoms with Crippen molar-refractivity contribution in [1.82, 2.24) is 20.0 Å². The van der Waals surface area contributed by atoms with Crippen LogP contribution in [0.2, 0.25) is 0 Å². The summed E-state index contributed by atoms with van der Waals surface area (Å²) in [6, 6.07) is 0. The van der Waals surface area contributed by atoms with Crippen molar-refractivity contribution in [3.05, 3.63) is 11.9 Å². The van der Waals surface area contributed by atoms with Gasteiger partial charge in [-0.1, -0.05) is 0 Å². The minimum absolute atomic E-state index is 0.733. The number of likely N-dealkylation sites (N-methyl/N-ethyl adjacent to an activating group) is 1. The van der Waals surface area contributed by atoms with Crippen LogP contribution >= 0.6 is 0 Å². The summed E-state index contributed by atoms with van der Waals surface area (Å²) in [6.07, 6.45) is 2.69. The van der Waals surface area contributed by atoms with E-state index in [0.29, 0.717) is 0 Å². The highest BCUT2D eigenvalue weighted by Crippen LogP contribution is 2.17. The van der Waals surface area contributed by atoms with Crippen molar-refractivity contribution >= 4 is 0 Å². The van der Waals surface area contributed by atoms with Crippen LogP contribution in [-0.2, 0) is 17.7 Å². The predicted octanol–water partition coefficient (Wildman–Crippen LogP) is 0.232. The van der Waals surface area contributed by atoms with E-state index < -0.39 is 0 Å². The fourth-order valence-corrected chi connectivity index (χ4v) is 1.81. The lowest BCUT2D eigenvalue weighted by molar-refractivity contribution is 0.199. The Kier molecular flexibility index (Phi) is 7.47. The normalized spacial score (nSPS) is 11.2. The predicted molar refractivity (Wildman–Crippen MR) is 75.8 cm³/mol. The number of nitrogens with one attached hydrogen (secondary N) is 1. The quantitative estimate of drug-likeness (QED) is 0.617. The van der Waals surface area contributed by atoms with Gasteiger partial charge in [-0.25, -0.2) is 0 Å². The first-order chi connectivity index (χ1) is 9.19. The van der Waals surface area contributed by atoms with Crippen LogP contribution in [0.25, 0.3) is 0 Å². The molecule has 1 heterocycles. The van der Waals surface area contributed by atoms with Crippen LogP contribution in [0.4, 0.5) is 0 Å². The second-order valence-electron chi connectivity index (χ2n) is 4.68. The lowest BCUT2D eigenvalue weighted by Crippen LogP contribution is -2.24. The number of ether oxygens (including phenoxy) is 2. The van der Waals surface area contributed by atoms with Gasteiger partial charge in [0.05, 0.1) is 32.2 Å². The van der Waals surface area contributed by atoms with E-state index in [2.05, 4.69) is 29.4 Å². The molecule has 1 aromatic rings. The van der Waals surface area contributed by atoms with Gasteiger partial charge in [0, 0.05) is 33.2 Å². The van der Waals surface area contributed by atoms with Gasteiger partial charge in [-0.15, -0.1) is 0 Å². The number of aromatic nitrogens is 2. The van der Waals surface area contributed by atoms with Gasteiger partial charge in [0.2, 0.25) is 0 Å². The molecule has 0 amide bonds. The first-order valence-electron chi connectivity index (χ1n) is 6.62. The molecule has 0 fully saturated rings. The molecule has 1 aromatic heterocycles. The van der Waals surface area contributed by atoms with E-state index in [1.165, 1.54) is 0 Å². The third-order valence-corrected chi connectivity index (χ3v) is 2.91. The lowest BCUT2D eigenvalue weighted by atomic mass is 10.3. The monoisotopic (exact) mass is 270 g/mol. The Labute approximate surface area is 115 Å². The van der Waals surface area contributed by atoms with Crippen molar-refractivity contribution in [2.45, 2.75) is 13.0 Å². The summed E-state index contributed by atoms with van der Waals surface area (Å²) in [6.45, 7) is 4.34. The largest absolute Gasteiger partial charge is 0.493 e. The molecule has 0 aliphatic heterocycles. The van der Waals surface area contributed by atoms with Crippen molar-refractivity contribution in [3.8, 4) is 5.75 Å². The van der Waals surface area contributed by atoms with Crippen molar-refractivity contribution in [3.63, 3.8) is 0 Å². The Hall–Kier alpha value is -1.11. The van der Waals surface area contributed by atoms with Gasteiger partial charge in [0.15, 0.2) is 5.75 Å². The zero-order chi connectivity index (χ0) is 14.1. The van der Waals surface area contributed by atoms with Crippen LogP contribution in [0.1, 0.15) is 5.69 Å². The second kappa shape index (κ2) is 8.90. The molecule has 6 nitrogen and oxygen atoms in total. The molecule has 0 aliphatic carbocycles. The minimum atomic E-state index is 0.733. The van der Waals surface area contributed by atoms with Crippen LogP contribution in [-0.4, -0.2) is 69.2 Å². The highest BCUT2D eigenvalue weighted by molar-refractivity contribution is 5.25. The molecule has 0 aliphatic rings. The number of hydrogen-bond donors (Lipinski definition) is 1. The second-order valence-corrected chi connectivity index (χ2v) is 4.68. The third-order valence-electron chi connectivity index (χ3n) is 2.91. The Balaban J connectivity index is 2.50. The van der Waals surface area contributed by atoms with Gasteiger partial charge in [-0.2, -0.15) is 5.10 Å². The van der Waals surface area contributed by atoms with Gasteiger partial charge in [-0.05, 0) is 14.1 Å². The van der Waals surface area contributed by atoms with Crippen molar-refractivity contribution in [1.29, 1.82) is 0 Å². The summed E-state index contributed by atoms with van der Waals surface area (Å²) >= 11 is 0. The fraction of sp³-hybridized carbons (Fsp3) is 0.769. The summed E-state index contributed by atoms with van der Waals surface area (Å²) < 4.78 is 12.4. The molecule has 19 heavy (non-hydrogen) atoms. The Bertz CT molecular complexity index is 352. The Morgan fingerprint density at radius 1 is 1.32 bits per heavy atom. The van der Waals surface area contributed by atoms with Gasteiger partial charge >= 0.3 is 0 Å². The van der Waals surface area contributed by atoms with Crippen LogP contribution in [0, 0.1) is 0 Å². The van der Waals surface area contributed by atoms with Gasteiger partial charge in [0.1, 0.15) is 0 Å². The zero-order valence-electron chi connectivity index (χ0n) is 12.5. The van der Waals surface area contributed by atoms with Crippen LogP contribution in [0.3, 0.4) is 0 Å². The molecular formula is C13H26N4O2. The van der Waals surface area contributed by atoms with E-state index in [1.54, 1.807) is 20.4 Å².